The lowest BCUT2D eigenvalue weighted by Gasteiger charge is -1.91. The normalized spacial score (nSPS) is 11.3. The molecule has 0 radical (unpaired) electrons. The number of hydrogen-bond acceptors (Lipinski definition) is 4. The molecule has 0 spiro atoms. The maximum absolute atomic E-state index is 10.2. The lowest BCUT2D eigenvalue weighted by Crippen LogP contribution is -2.27. The summed E-state index contributed by atoms with van der Waals surface area (Å²) in [6.45, 7) is -0.281. The predicted molar refractivity (Wildman–Crippen MR) is 32.0 cm³/mol. The molecule has 0 aromatic heterocycles. The van der Waals surface area contributed by atoms with Gasteiger partial charge in [-0.2, -0.15) is 0 Å². The van der Waals surface area contributed by atoms with Crippen LogP contribution in [-0.4, -0.2) is 26.5 Å². The first-order valence-electron chi connectivity index (χ1n) is 2.18. The summed E-state index contributed by atoms with van der Waals surface area (Å²) in [6.07, 6.45) is 0. The molecule has 5 nitrogen and oxygen atoms in total. The summed E-state index contributed by atoms with van der Waals surface area (Å²) in [5, 5.41) is 4.51. The van der Waals surface area contributed by atoms with Crippen molar-refractivity contribution in [2.75, 3.05) is 12.3 Å². The van der Waals surface area contributed by atoms with Crippen molar-refractivity contribution < 1.29 is 13.2 Å². The van der Waals surface area contributed by atoms with Crippen molar-refractivity contribution in [2.45, 2.75) is 0 Å². The van der Waals surface area contributed by atoms with Crippen LogP contribution in [0.2, 0.25) is 0 Å². The fraction of sp³-hybridized carbons (Fsp3) is 0.667. The van der Waals surface area contributed by atoms with E-state index in [0.717, 1.165) is 0 Å². The van der Waals surface area contributed by atoms with Crippen LogP contribution in [0.25, 0.3) is 0 Å². The highest BCUT2D eigenvalue weighted by molar-refractivity contribution is 7.89. The van der Waals surface area contributed by atoms with Gasteiger partial charge in [0.1, 0.15) is 5.75 Å². The Kier molecular flexibility index (Phi) is 2.75. The van der Waals surface area contributed by atoms with Crippen molar-refractivity contribution in [1.82, 2.24) is 0 Å². The molecule has 0 rings (SSSR count). The summed E-state index contributed by atoms with van der Waals surface area (Å²) >= 11 is 0. The average molecular weight is 152 g/mol. The highest BCUT2D eigenvalue weighted by atomic mass is 32.2. The van der Waals surface area contributed by atoms with Gasteiger partial charge in [-0.15, -0.1) is 0 Å². The summed E-state index contributed by atoms with van der Waals surface area (Å²) in [7, 11) is -3.66. The minimum Gasteiger partial charge on any atom is -0.324 e. The third kappa shape index (κ3) is 5.41. The van der Waals surface area contributed by atoms with E-state index >= 15 is 0 Å². The standard InChI is InChI=1S/C3H8N2O3S/c4-1-3(6)2-9(5,7)8/h1-2,4H2,(H2,5,7,8). The van der Waals surface area contributed by atoms with E-state index in [0.29, 0.717) is 0 Å². The number of ketones is 1. The number of carbonyl (C=O) groups excluding carboxylic acids is 1. The number of hydrogen-bond donors (Lipinski definition) is 2. The molecule has 0 unspecified atom stereocenters. The van der Waals surface area contributed by atoms with Crippen LogP contribution in [0, 0.1) is 0 Å². The largest absolute Gasteiger partial charge is 0.324 e. The second-order valence-electron chi connectivity index (χ2n) is 1.55. The molecule has 0 bridgehead atoms. The van der Waals surface area contributed by atoms with E-state index in [2.05, 4.69) is 5.14 Å². The SMILES string of the molecule is NCC(=O)CS(N)(=O)=O. The van der Waals surface area contributed by atoms with Gasteiger partial charge < -0.3 is 5.73 Å². The zero-order valence-electron chi connectivity index (χ0n) is 4.70. The molecule has 0 aliphatic carbocycles. The Balaban J connectivity index is 3.91. The lowest BCUT2D eigenvalue weighted by atomic mass is 10.5. The summed E-state index contributed by atoms with van der Waals surface area (Å²) in [5.74, 6) is -1.23. The summed E-state index contributed by atoms with van der Waals surface area (Å²) < 4.78 is 20.2. The highest BCUT2D eigenvalue weighted by Gasteiger charge is 2.08. The van der Waals surface area contributed by atoms with E-state index < -0.39 is 21.6 Å². The number of nitrogens with two attached hydrogens (primary N) is 2. The fourth-order valence-corrected chi connectivity index (χ4v) is 0.850. The highest BCUT2D eigenvalue weighted by Crippen LogP contribution is 1.76. The zero-order valence-corrected chi connectivity index (χ0v) is 5.52. The van der Waals surface area contributed by atoms with Crippen molar-refractivity contribution in [2.24, 2.45) is 10.9 Å². The number of primary sulfonamides is 1. The van der Waals surface area contributed by atoms with Gasteiger partial charge in [0.25, 0.3) is 0 Å². The number of rotatable bonds is 3. The van der Waals surface area contributed by atoms with Crippen LogP contribution in [-0.2, 0) is 14.8 Å². The molecular formula is C3H8N2O3S. The molecule has 0 aromatic rings. The van der Waals surface area contributed by atoms with Crippen LogP contribution >= 0.6 is 0 Å². The summed E-state index contributed by atoms with van der Waals surface area (Å²) in [6, 6.07) is 0. The Labute approximate surface area is 53.1 Å². The summed E-state index contributed by atoms with van der Waals surface area (Å²) in [4.78, 5) is 10.2. The van der Waals surface area contributed by atoms with Crippen LogP contribution in [0.3, 0.4) is 0 Å². The van der Waals surface area contributed by atoms with Gasteiger partial charge in [-0.3, -0.25) is 4.79 Å². The molecule has 0 saturated heterocycles. The molecular weight excluding hydrogens is 144 g/mol. The number of carbonyl (C=O) groups is 1. The second-order valence-corrected chi connectivity index (χ2v) is 3.16. The van der Waals surface area contributed by atoms with Gasteiger partial charge in [-0.1, -0.05) is 0 Å². The van der Waals surface area contributed by atoms with Gasteiger partial charge in [-0.25, -0.2) is 13.6 Å². The summed E-state index contributed by atoms with van der Waals surface area (Å²) in [5.41, 5.74) is 4.81. The van der Waals surface area contributed by atoms with Crippen LogP contribution in [0.1, 0.15) is 0 Å². The van der Waals surface area contributed by atoms with Crippen molar-refractivity contribution in [3.63, 3.8) is 0 Å². The molecule has 0 aliphatic heterocycles. The van der Waals surface area contributed by atoms with Crippen molar-refractivity contribution >= 4 is 15.8 Å². The van der Waals surface area contributed by atoms with Crippen LogP contribution in [0.5, 0.6) is 0 Å². The molecule has 6 heteroatoms. The zero-order chi connectivity index (χ0) is 7.49. The van der Waals surface area contributed by atoms with Crippen LogP contribution < -0.4 is 10.9 Å². The molecule has 0 heterocycles. The Bertz CT molecular complexity index is 195. The van der Waals surface area contributed by atoms with Gasteiger partial charge in [0.05, 0.1) is 6.54 Å². The first-order chi connectivity index (χ1) is 3.95. The maximum atomic E-state index is 10.2. The van der Waals surface area contributed by atoms with E-state index in [1.54, 1.807) is 0 Å². The van der Waals surface area contributed by atoms with E-state index in [-0.39, 0.29) is 6.54 Å². The quantitative estimate of drug-likeness (QED) is 0.479. The molecule has 0 atom stereocenters. The fourth-order valence-electron chi connectivity index (χ4n) is 0.283. The van der Waals surface area contributed by atoms with E-state index in [1.807, 2.05) is 0 Å². The van der Waals surface area contributed by atoms with E-state index in [9.17, 15) is 13.2 Å². The van der Waals surface area contributed by atoms with E-state index in [1.165, 1.54) is 0 Å². The Morgan fingerprint density at radius 3 is 2.00 bits per heavy atom. The van der Waals surface area contributed by atoms with Gasteiger partial charge in [0, 0.05) is 0 Å². The Hall–Kier alpha value is -0.460. The van der Waals surface area contributed by atoms with Gasteiger partial charge in [-0.05, 0) is 0 Å². The van der Waals surface area contributed by atoms with Gasteiger partial charge in [0.15, 0.2) is 5.78 Å². The molecule has 54 valence electrons. The first-order valence-corrected chi connectivity index (χ1v) is 3.89. The van der Waals surface area contributed by atoms with Crippen molar-refractivity contribution in [3.05, 3.63) is 0 Å². The van der Waals surface area contributed by atoms with Gasteiger partial charge >= 0.3 is 0 Å². The first kappa shape index (κ1) is 8.54. The predicted octanol–water partition coefficient (Wildman–Crippen LogP) is -2.20. The number of sulfonamides is 1. The molecule has 0 fully saturated rings. The monoisotopic (exact) mass is 152 g/mol. The topological polar surface area (TPSA) is 103 Å². The third-order valence-corrected chi connectivity index (χ3v) is 1.31. The average Bonchev–Trinajstić information content (AvgIpc) is 1.62. The Morgan fingerprint density at radius 2 is 1.89 bits per heavy atom. The maximum Gasteiger partial charge on any atom is 0.216 e. The van der Waals surface area contributed by atoms with Crippen molar-refractivity contribution in [1.29, 1.82) is 0 Å². The lowest BCUT2D eigenvalue weighted by molar-refractivity contribution is -0.115. The minimum atomic E-state index is -3.66. The second kappa shape index (κ2) is 2.90. The molecule has 0 aliphatic rings. The number of Topliss-reactive ketones (excluding diaryl/α,β-unsaturated/α-hetero) is 1. The molecule has 4 N–H and O–H groups in total. The van der Waals surface area contributed by atoms with Gasteiger partial charge in [0.2, 0.25) is 10.0 Å². The van der Waals surface area contributed by atoms with Crippen molar-refractivity contribution in [3.8, 4) is 0 Å². The molecule has 9 heavy (non-hydrogen) atoms. The third-order valence-electron chi connectivity index (χ3n) is 0.590. The molecule has 0 amide bonds. The molecule has 0 saturated carbocycles. The van der Waals surface area contributed by atoms with Crippen LogP contribution in [0.15, 0.2) is 0 Å². The van der Waals surface area contributed by atoms with E-state index in [4.69, 9.17) is 5.73 Å². The Morgan fingerprint density at radius 1 is 1.44 bits per heavy atom. The molecule has 0 aromatic carbocycles. The minimum absolute atomic E-state index is 0.281. The smallest absolute Gasteiger partial charge is 0.216 e. The van der Waals surface area contributed by atoms with Crippen LogP contribution in [0.4, 0.5) is 0 Å².